The highest BCUT2D eigenvalue weighted by atomic mass is 35.5. The second-order valence-electron chi connectivity index (χ2n) is 6.60. The van der Waals surface area contributed by atoms with Crippen LogP contribution in [0.25, 0.3) is 0 Å². The third-order valence-electron chi connectivity index (χ3n) is 4.61. The van der Waals surface area contributed by atoms with Gasteiger partial charge in [0.25, 0.3) is 5.89 Å². The fourth-order valence-corrected chi connectivity index (χ4v) is 4.88. The number of sulfonamides is 1. The lowest BCUT2D eigenvalue weighted by molar-refractivity contribution is 0.0470. The topological polar surface area (TPSA) is 76.3 Å². The van der Waals surface area contributed by atoms with Crippen molar-refractivity contribution in [2.24, 2.45) is 0 Å². The normalized spacial score (nSPS) is 25.2. The molecule has 1 atom stereocenters. The molecule has 9 heteroatoms. The summed E-state index contributed by atoms with van der Waals surface area (Å²) in [6.07, 6.45) is 2.49. The Kier molecular flexibility index (Phi) is 4.09. The van der Waals surface area contributed by atoms with Crippen molar-refractivity contribution in [3.05, 3.63) is 41.0 Å². The zero-order valence-corrected chi connectivity index (χ0v) is 14.9. The summed E-state index contributed by atoms with van der Waals surface area (Å²) < 4.78 is 47.3. The lowest BCUT2D eigenvalue weighted by Gasteiger charge is -2.34. The van der Waals surface area contributed by atoms with Gasteiger partial charge < -0.3 is 4.52 Å². The number of rotatable bonds is 4. The van der Waals surface area contributed by atoms with Gasteiger partial charge in [0.15, 0.2) is 5.82 Å². The first-order chi connectivity index (χ1) is 11.9. The van der Waals surface area contributed by atoms with Crippen molar-refractivity contribution in [3.8, 4) is 0 Å². The predicted octanol–water partition coefficient (Wildman–Crippen LogP) is 3.25. The molecular formula is C16H17ClFN3O3S. The monoisotopic (exact) mass is 385 g/mol. The molecule has 2 aliphatic rings. The first-order valence-corrected chi connectivity index (χ1v) is 9.99. The van der Waals surface area contributed by atoms with Gasteiger partial charge in [0.05, 0.1) is 11.4 Å². The van der Waals surface area contributed by atoms with Crippen LogP contribution in [0, 0.1) is 0 Å². The zero-order valence-electron chi connectivity index (χ0n) is 13.4. The van der Waals surface area contributed by atoms with Crippen LogP contribution in [0.1, 0.15) is 43.3 Å². The maximum Gasteiger partial charge on any atom is 0.265 e. The Balaban J connectivity index is 1.61. The summed E-state index contributed by atoms with van der Waals surface area (Å²) in [5.41, 5.74) is -1.97. The second kappa shape index (κ2) is 6.03. The van der Waals surface area contributed by atoms with Gasteiger partial charge in [0.2, 0.25) is 15.7 Å². The summed E-state index contributed by atoms with van der Waals surface area (Å²) in [6.45, 7) is -0.0989. The van der Waals surface area contributed by atoms with Gasteiger partial charge in [-0.25, -0.2) is 12.8 Å². The summed E-state index contributed by atoms with van der Waals surface area (Å²) in [5.74, 6) is 0.637. The largest absolute Gasteiger partial charge is 0.336 e. The highest BCUT2D eigenvalue weighted by molar-refractivity contribution is 7.89. The van der Waals surface area contributed by atoms with E-state index in [0.29, 0.717) is 17.3 Å². The fraction of sp³-hybridized carbons (Fsp3) is 0.500. The lowest BCUT2D eigenvalue weighted by atomic mass is 9.96. The molecule has 0 spiro atoms. The summed E-state index contributed by atoms with van der Waals surface area (Å²) in [5, 5.41) is 4.16. The smallest absolute Gasteiger partial charge is 0.265 e. The zero-order chi connectivity index (χ0) is 17.7. The Morgan fingerprint density at radius 3 is 2.88 bits per heavy atom. The Morgan fingerprint density at radius 1 is 1.36 bits per heavy atom. The highest BCUT2D eigenvalue weighted by Gasteiger charge is 2.46. The number of hydrogen-bond acceptors (Lipinski definition) is 5. The number of nitrogens with zero attached hydrogens (tertiary/aromatic N) is 3. The molecule has 0 radical (unpaired) electrons. The Hall–Kier alpha value is -1.51. The Morgan fingerprint density at radius 2 is 2.16 bits per heavy atom. The van der Waals surface area contributed by atoms with Crippen LogP contribution in [-0.4, -0.2) is 36.0 Å². The van der Waals surface area contributed by atoms with Crippen molar-refractivity contribution in [1.29, 1.82) is 0 Å². The van der Waals surface area contributed by atoms with Gasteiger partial charge in [-0.2, -0.15) is 9.29 Å². The van der Waals surface area contributed by atoms with Gasteiger partial charge in [0, 0.05) is 17.5 Å². The quantitative estimate of drug-likeness (QED) is 0.807. The number of alkyl halides is 1. The molecule has 25 heavy (non-hydrogen) atoms. The molecule has 1 aromatic heterocycles. The maximum atomic E-state index is 15.4. The number of piperidine rings is 1. The van der Waals surface area contributed by atoms with Crippen LogP contribution < -0.4 is 0 Å². The van der Waals surface area contributed by atoms with E-state index in [1.165, 1.54) is 12.1 Å². The molecule has 134 valence electrons. The van der Waals surface area contributed by atoms with Gasteiger partial charge in [-0.1, -0.05) is 22.8 Å². The minimum atomic E-state index is -3.84. The molecule has 2 aromatic rings. The predicted molar refractivity (Wildman–Crippen MR) is 88.5 cm³/mol. The minimum absolute atomic E-state index is 0.0495. The molecule has 6 nitrogen and oxygen atoms in total. The number of hydrogen-bond donors (Lipinski definition) is 0. The second-order valence-corrected chi connectivity index (χ2v) is 8.97. The van der Waals surface area contributed by atoms with E-state index in [4.69, 9.17) is 16.1 Å². The average molecular weight is 386 g/mol. The highest BCUT2D eigenvalue weighted by Crippen LogP contribution is 2.41. The van der Waals surface area contributed by atoms with E-state index in [9.17, 15) is 8.42 Å². The van der Waals surface area contributed by atoms with E-state index in [2.05, 4.69) is 10.1 Å². The first-order valence-electron chi connectivity index (χ1n) is 8.17. The molecule has 0 bridgehead atoms. The van der Waals surface area contributed by atoms with Crippen molar-refractivity contribution >= 4 is 21.6 Å². The fourth-order valence-electron chi connectivity index (χ4n) is 3.05. The van der Waals surface area contributed by atoms with Crippen molar-refractivity contribution in [2.45, 2.75) is 42.2 Å². The molecule has 1 saturated heterocycles. The molecule has 1 aliphatic heterocycles. The summed E-state index contributed by atoms with van der Waals surface area (Å²) in [7, 11) is -3.84. The van der Waals surface area contributed by atoms with Crippen LogP contribution in [0.15, 0.2) is 33.7 Å². The SMILES string of the molecule is O=S(=O)(c1cccc(Cl)c1)N1CCCC(F)(c2nc(C3CC3)no2)C1. The van der Waals surface area contributed by atoms with Crippen molar-refractivity contribution in [1.82, 2.24) is 14.4 Å². The van der Waals surface area contributed by atoms with Gasteiger partial charge in [-0.05, 0) is 43.9 Å². The number of halogens is 2. The lowest BCUT2D eigenvalue weighted by Crippen LogP contribution is -2.46. The molecule has 1 aromatic carbocycles. The van der Waals surface area contributed by atoms with Gasteiger partial charge in [-0.15, -0.1) is 0 Å². The summed E-state index contributed by atoms with van der Waals surface area (Å²) in [4.78, 5) is 4.23. The van der Waals surface area contributed by atoms with E-state index >= 15 is 4.39 Å². The van der Waals surface area contributed by atoms with E-state index in [1.54, 1.807) is 12.1 Å². The summed E-state index contributed by atoms with van der Waals surface area (Å²) >= 11 is 5.89. The van der Waals surface area contributed by atoms with Crippen molar-refractivity contribution in [2.75, 3.05) is 13.1 Å². The van der Waals surface area contributed by atoms with E-state index in [-0.39, 0.29) is 36.2 Å². The summed E-state index contributed by atoms with van der Waals surface area (Å²) in [6, 6.07) is 5.97. The van der Waals surface area contributed by atoms with Crippen LogP contribution >= 0.6 is 11.6 Å². The van der Waals surface area contributed by atoms with Crippen LogP contribution in [0.3, 0.4) is 0 Å². The molecule has 2 heterocycles. The molecule has 1 aliphatic carbocycles. The Labute approximate surface area is 150 Å². The molecular weight excluding hydrogens is 369 g/mol. The third-order valence-corrected chi connectivity index (χ3v) is 6.69. The van der Waals surface area contributed by atoms with Crippen molar-refractivity contribution in [3.63, 3.8) is 0 Å². The van der Waals surface area contributed by atoms with Crippen LogP contribution in [-0.2, 0) is 15.7 Å². The van der Waals surface area contributed by atoms with Crippen LogP contribution in [0.5, 0.6) is 0 Å². The van der Waals surface area contributed by atoms with E-state index in [1.807, 2.05) is 0 Å². The molecule has 0 amide bonds. The standard InChI is InChI=1S/C16H17ClFN3O3S/c17-12-3-1-4-13(9-12)25(22,23)21-8-2-7-16(18,10-21)15-19-14(20-24-15)11-5-6-11/h1,3-4,9,11H,2,5-8,10H2. The molecule has 0 N–H and O–H groups in total. The number of benzene rings is 1. The minimum Gasteiger partial charge on any atom is -0.336 e. The average Bonchev–Trinajstić information content (AvgIpc) is 3.31. The maximum absolute atomic E-state index is 15.4. The van der Waals surface area contributed by atoms with Gasteiger partial charge in [-0.3, -0.25) is 0 Å². The first kappa shape index (κ1) is 16.9. The molecule has 1 unspecified atom stereocenters. The van der Waals surface area contributed by atoms with Gasteiger partial charge >= 0.3 is 0 Å². The van der Waals surface area contributed by atoms with Crippen LogP contribution in [0.2, 0.25) is 5.02 Å². The van der Waals surface area contributed by atoms with Crippen LogP contribution in [0.4, 0.5) is 4.39 Å². The van der Waals surface area contributed by atoms with Gasteiger partial charge in [0.1, 0.15) is 0 Å². The third kappa shape index (κ3) is 3.18. The Bertz CT molecular complexity index is 900. The molecule has 2 fully saturated rings. The van der Waals surface area contributed by atoms with E-state index in [0.717, 1.165) is 17.1 Å². The number of aromatic nitrogens is 2. The molecule has 1 saturated carbocycles. The van der Waals surface area contributed by atoms with Crippen molar-refractivity contribution < 1.29 is 17.3 Å². The molecule has 4 rings (SSSR count). The van der Waals surface area contributed by atoms with E-state index < -0.39 is 15.7 Å².